The van der Waals surface area contributed by atoms with Crippen LogP contribution in [0.15, 0.2) is 18.2 Å². The molecule has 1 aromatic carbocycles. The summed E-state index contributed by atoms with van der Waals surface area (Å²) in [5, 5.41) is 10.4. The molecule has 0 aromatic heterocycles. The second kappa shape index (κ2) is 3.88. The van der Waals surface area contributed by atoms with Crippen LogP contribution in [0.1, 0.15) is 18.4 Å². The van der Waals surface area contributed by atoms with Crippen molar-refractivity contribution in [1.82, 2.24) is 0 Å². The highest BCUT2D eigenvalue weighted by molar-refractivity contribution is 5.40. The van der Waals surface area contributed by atoms with E-state index in [-0.39, 0.29) is 5.56 Å². The molecule has 0 saturated heterocycles. The predicted octanol–water partition coefficient (Wildman–Crippen LogP) is 2.47. The van der Waals surface area contributed by atoms with Gasteiger partial charge in [0.2, 0.25) is 5.82 Å². The summed E-state index contributed by atoms with van der Waals surface area (Å²) in [6.07, 6.45) is 5.11. The standard InChI is InChI=1S/C10H8FNO2/c1-3-7(2)8-5-4-6-9(10(8)11)12(13)14/h1,4-7H,2H3. The zero-order chi connectivity index (χ0) is 10.7. The first-order valence-electron chi connectivity index (χ1n) is 3.97. The molecule has 1 atom stereocenters. The van der Waals surface area contributed by atoms with Gasteiger partial charge in [-0.2, -0.15) is 4.39 Å². The highest BCUT2D eigenvalue weighted by Gasteiger charge is 2.19. The highest BCUT2D eigenvalue weighted by atomic mass is 19.1. The largest absolute Gasteiger partial charge is 0.305 e. The van der Waals surface area contributed by atoms with Gasteiger partial charge in [0.15, 0.2) is 0 Å². The van der Waals surface area contributed by atoms with E-state index in [0.29, 0.717) is 0 Å². The second-order valence-electron chi connectivity index (χ2n) is 2.83. The average molecular weight is 193 g/mol. The number of nitro groups is 1. The van der Waals surface area contributed by atoms with Crippen molar-refractivity contribution in [3.63, 3.8) is 0 Å². The third kappa shape index (κ3) is 1.72. The Kier molecular flexibility index (Phi) is 2.82. The molecule has 3 nitrogen and oxygen atoms in total. The Hall–Kier alpha value is -1.89. The minimum Gasteiger partial charge on any atom is -0.258 e. The number of nitrogens with zero attached hydrogens (tertiary/aromatic N) is 1. The Morgan fingerprint density at radius 3 is 2.79 bits per heavy atom. The number of rotatable bonds is 2. The van der Waals surface area contributed by atoms with E-state index in [2.05, 4.69) is 5.92 Å². The molecular formula is C10H8FNO2. The first kappa shape index (κ1) is 10.2. The van der Waals surface area contributed by atoms with Crippen LogP contribution >= 0.6 is 0 Å². The van der Waals surface area contributed by atoms with E-state index in [9.17, 15) is 14.5 Å². The van der Waals surface area contributed by atoms with Gasteiger partial charge in [0, 0.05) is 17.5 Å². The second-order valence-corrected chi connectivity index (χ2v) is 2.83. The van der Waals surface area contributed by atoms with Crippen LogP contribution in [0.5, 0.6) is 0 Å². The lowest BCUT2D eigenvalue weighted by Gasteiger charge is -2.05. The minimum absolute atomic E-state index is 0.182. The molecule has 0 saturated carbocycles. The maximum Gasteiger partial charge on any atom is 0.305 e. The monoisotopic (exact) mass is 193 g/mol. The minimum atomic E-state index is -0.844. The average Bonchev–Trinajstić information content (AvgIpc) is 2.16. The molecule has 0 bridgehead atoms. The summed E-state index contributed by atoms with van der Waals surface area (Å²) in [7, 11) is 0. The molecule has 0 aliphatic rings. The van der Waals surface area contributed by atoms with Gasteiger partial charge in [-0.3, -0.25) is 10.1 Å². The number of terminal acetylenes is 1. The van der Waals surface area contributed by atoms with Gasteiger partial charge in [0.05, 0.1) is 4.92 Å². The number of halogens is 1. The SMILES string of the molecule is C#CC(C)c1cccc([N+](=O)[O-])c1F. The first-order chi connectivity index (χ1) is 6.57. The van der Waals surface area contributed by atoms with Crippen LogP contribution in [0.2, 0.25) is 0 Å². The van der Waals surface area contributed by atoms with Crippen molar-refractivity contribution >= 4 is 5.69 Å². The van der Waals surface area contributed by atoms with Crippen molar-refractivity contribution in [1.29, 1.82) is 0 Å². The molecular weight excluding hydrogens is 185 g/mol. The molecule has 0 aliphatic heterocycles. The maximum atomic E-state index is 13.4. The molecule has 1 unspecified atom stereocenters. The summed E-state index contributed by atoms with van der Waals surface area (Å²) >= 11 is 0. The summed E-state index contributed by atoms with van der Waals surface area (Å²) < 4.78 is 13.4. The van der Waals surface area contributed by atoms with Crippen LogP contribution in [0.4, 0.5) is 10.1 Å². The molecule has 14 heavy (non-hydrogen) atoms. The molecule has 4 heteroatoms. The summed E-state index contributed by atoms with van der Waals surface area (Å²) in [6, 6.07) is 3.99. The molecule has 1 aromatic rings. The van der Waals surface area contributed by atoms with E-state index in [4.69, 9.17) is 6.42 Å². The number of hydrogen-bond donors (Lipinski definition) is 0. The van der Waals surface area contributed by atoms with E-state index in [1.54, 1.807) is 6.92 Å². The van der Waals surface area contributed by atoms with Gasteiger partial charge in [-0.15, -0.1) is 6.42 Å². The lowest BCUT2D eigenvalue weighted by atomic mass is 10.0. The van der Waals surface area contributed by atoms with Crippen LogP contribution in [0, 0.1) is 28.3 Å². The van der Waals surface area contributed by atoms with Crippen molar-refractivity contribution in [3.05, 3.63) is 39.7 Å². The third-order valence-corrected chi connectivity index (χ3v) is 1.92. The normalized spacial score (nSPS) is 11.8. The van der Waals surface area contributed by atoms with Crippen LogP contribution in [-0.2, 0) is 0 Å². The van der Waals surface area contributed by atoms with E-state index >= 15 is 0 Å². The van der Waals surface area contributed by atoms with Crippen molar-refractivity contribution in [2.24, 2.45) is 0 Å². The van der Waals surface area contributed by atoms with Crippen LogP contribution in [0.25, 0.3) is 0 Å². The number of benzene rings is 1. The molecule has 72 valence electrons. The van der Waals surface area contributed by atoms with Gasteiger partial charge in [-0.05, 0) is 6.92 Å². The summed E-state index contributed by atoms with van der Waals surface area (Å²) in [5.74, 6) is 1.02. The van der Waals surface area contributed by atoms with Crippen LogP contribution in [0.3, 0.4) is 0 Å². The fourth-order valence-corrected chi connectivity index (χ4v) is 1.10. The maximum absolute atomic E-state index is 13.4. The van der Waals surface area contributed by atoms with Crippen LogP contribution in [-0.4, -0.2) is 4.92 Å². The molecule has 0 fully saturated rings. The molecule has 0 heterocycles. The van der Waals surface area contributed by atoms with Gasteiger partial charge >= 0.3 is 5.69 Å². The first-order valence-corrected chi connectivity index (χ1v) is 3.97. The Balaban J connectivity index is 3.29. The Morgan fingerprint density at radius 1 is 1.64 bits per heavy atom. The molecule has 0 radical (unpaired) electrons. The molecule has 0 amide bonds. The smallest absolute Gasteiger partial charge is 0.258 e. The topological polar surface area (TPSA) is 43.1 Å². The number of hydrogen-bond acceptors (Lipinski definition) is 2. The van der Waals surface area contributed by atoms with Gasteiger partial charge < -0.3 is 0 Å². The van der Waals surface area contributed by atoms with Gasteiger partial charge in [0.25, 0.3) is 0 Å². The quantitative estimate of drug-likeness (QED) is 0.411. The lowest BCUT2D eigenvalue weighted by molar-refractivity contribution is -0.387. The fourth-order valence-electron chi connectivity index (χ4n) is 1.10. The zero-order valence-electron chi connectivity index (χ0n) is 7.53. The fraction of sp³-hybridized carbons (Fsp3) is 0.200. The summed E-state index contributed by atoms with van der Waals surface area (Å²) in [4.78, 5) is 9.64. The molecule has 1 rings (SSSR count). The van der Waals surface area contributed by atoms with E-state index in [0.717, 1.165) is 6.07 Å². The Morgan fingerprint density at radius 2 is 2.29 bits per heavy atom. The third-order valence-electron chi connectivity index (χ3n) is 1.92. The Bertz CT molecular complexity index is 409. The molecule has 0 spiro atoms. The van der Waals surface area contributed by atoms with Crippen molar-refractivity contribution < 1.29 is 9.31 Å². The highest BCUT2D eigenvalue weighted by Crippen LogP contribution is 2.25. The van der Waals surface area contributed by atoms with Crippen LogP contribution < -0.4 is 0 Å². The predicted molar refractivity (Wildman–Crippen MR) is 50.3 cm³/mol. The summed E-state index contributed by atoms with van der Waals surface area (Å²) in [5.41, 5.74) is -0.355. The zero-order valence-corrected chi connectivity index (χ0v) is 7.53. The van der Waals surface area contributed by atoms with E-state index < -0.39 is 22.3 Å². The summed E-state index contributed by atoms with van der Waals surface area (Å²) in [6.45, 7) is 1.61. The van der Waals surface area contributed by atoms with Gasteiger partial charge in [-0.25, -0.2) is 0 Å². The van der Waals surface area contributed by atoms with E-state index in [1.807, 2.05) is 0 Å². The van der Waals surface area contributed by atoms with Gasteiger partial charge in [0.1, 0.15) is 0 Å². The van der Waals surface area contributed by atoms with E-state index in [1.165, 1.54) is 12.1 Å². The molecule has 0 aliphatic carbocycles. The Labute approximate surface area is 80.7 Å². The van der Waals surface area contributed by atoms with Crippen molar-refractivity contribution in [2.45, 2.75) is 12.8 Å². The van der Waals surface area contributed by atoms with Gasteiger partial charge in [-0.1, -0.05) is 18.1 Å². The molecule has 0 N–H and O–H groups in total. The number of nitro benzene ring substituents is 1. The van der Waals surface area contributed by atoms with Crippen molar-refractivity contribution in [3.8, 4) is 12.3 Å². The van der Waals surface area contributed by atoms with Crippen molar-refractivity contribution in [2.75, 3.05) is 0 Å². The lowest BCUT2D eigenvalue weighted by Crippen LogP contribution is -1.99.